The van der Waals surface area contributed by atoms with Crippen molar-refractivity contribution >= 4 is 23.5 Å². The molecule has 1 amide bonds. The number of nitrogens with zero attached hydrogens (tertiary/aromatic N) is 2. The van der Waals surface area contributed by atoms with Crippen molar-refractivity contribution < 1.29 is 14.6 Å². The van der Waals surface area contributed by atoms with Gasteiger partial charge in [0.15, 0.2) is 16.7 Å². The summed E-state index contributed by atoms with van der Waals surface area (Å²) in [5.41, 5.74) is 3.12. The van der Waals surface area contributed by atoms with Gasteiger partial charge in [0.1, 0.15) is 5.82 Å². The van der Waals surface area contributed by atoms with Gasteiger partial charge in [-0.15, -0.1) is 0 Å². The normalized spacial score (nSPS) is 15.2. The maximum Gasteiger partial charge on any atom is 0.279 e. The molecule has 2 N–H and O–H groups in total. The Morgan fingerprint density at radius 2 is 1.97 bits per heavy atom. The molecule has 1 aromatic heterocycles. The van der Waals surface area contributed by atoms with Crippen molar-refractivity contribution in [3.63, 3.8) is 0 Å². The molecule has 4 rings (SSSR count). The van der Waals surface area contributed by atoms with Crippen LogP contribution < -0.4 is 15.6 Å². The minimum absolute atomic E-state index is 0.0185. The van der Waals surface area contributed by atoms with Crippen molar-refractivity contribution in [2.75, 3.05) is 11.9 Å². The van der Waals surface area contributed by atoms with E-state index in [2.05, 4.69) is 22.4 Å². The molecular weight excluding hydrogens is 426 g/mol. The van der Waals surface area contributed by atoms with Gasteiger partial charge in [-0.2, -0.15) is 4.98 Å². The number of aromatic nitrogens is 2. The number of carbonyl (C=O) groups excluding carboxylic acids is 1. The highest BCUT2D eigenvalue weighted by atomic mass is 32.2. The largest absolute Gasteiger partial charge is 0.504 e. The van der Waals surface area contributed by atoms with Crippen LogP contribution in [-0.4, -0.2) is 27.2 Å². The number of thioether (sulfide) groups is 1. The van der Waals surface area contributed by atoms with E-state index in [0.29, 0.717) is 34.6 Å². The van der Waals surface area contributed by atoms with Gasteiger partial charge >= 0.3 is 0 Å². The molecule has 2 heterocycles. The second kappa shape index (κ2) is 9.08. The van der Waals surface area contributed by atoms with Gasteiger partial charge in [0.25, 0.3) is 5.56 Å². The van der Waals surface area contributed by atoms with E-state index in [1.807, 2.05) is 26.0 Å². The Kier molecular flexibility index (Phi) is 6.23. The van der Waals surface area contributed by atoms with Crippen LogP contribution in [0.4, 0.5) is 5.82 Å². The summed E-state index contributed by atoms with van der Waals surface area (Å²) in [6, 6.07) is 13.1. The number of anilines is 1. The highest BCUT2D eigenvalue weighted by Crippen LogP contribution is 2.39. The molecule has 7 nitrogen and oxygen atoms in total. The van der Waals surface area contributed by atoms with Crippen LogP contribution in [0, 0.1) is 6.92 Å². The van der Waals surface area contributed by atoms with Crippen molar-refractivity contribution in [2.24, 2.45) is 7.05 Å². The number of phenolic OH excluding ortho intramolecular Hbond substituents is 1. The van der Waals surface area contributed by atoms with Gasteiger partial charge < -0.3 is 19.7 Å². The summed E-state index contributed by atoms with van der Waals surface area (Å²) in [6.07, 6.45) is 0.121. The lowest BCUT2D eigenvalue weighted by atomic mass is 9.86. The fourth-order valence-electron chi connectivity index (χ4n) is 3.80. The van der Waals surface area contributed by atoms with Gasteiger partial charge in [-0.05, 0) is 37.1 Å². The lowest BCUT2D eigenvalue weighted by molar-refractivity contribution is -0.116. The molecule has 1 atom stereocenters. The summed E-state index contributed by atoms with van der Waals surface area (Å²) in [7, 11) is 1.80. The minimum atomic E-state index is -0.471. The number of ether oxygens (including phenoxy) is 1. The molecule has 0 unspecified atom stereocenters. The zero-order chi connectivity index (χ0) is 22.8. The van der Waals surface area contributed by atoms with E-state index in [4.69, 9.17) is 4.74 Å². The zero-order valence-electron chi connectivity index (χ0n) is 18.2. The topological polar surface area (TPSA) is 93.5 Å². The molecule has 0 saturated carbocycles. The second-order valence-electron chi connectivity index (χ2n) is 7.76. The first-order valence-electron chi connectivity index (χ1n) is 10.4. The van der Waals surface area contributed by atoms with Crippen molar-refractivity contribution in [2.45, 2.75) is 37.1 Å². The molecular formula is C24H25N3O4S. The number of carbonyl (C=O) groups is 1. The number of aryl methyl sites for hydroxylation is 1. The lowest BCUT2D eigenvalue weighted by Crippen LogP contribution is -2.33. The van der Waals surface area contributed by atoms with E-state index in [0.717, 1.165) is 11.1 Å². The number of phenols is 1. The van der Waals surface area contributed by atoms with Crippen molar-refractivity contribution in [1.29, 1.82) is 0 Å². The molecule has 2 aromatic carbocycles. The smallest absolute Gasteiger partial charge is 0.279 e. The van der Waals surface area contributed by atoms with Crippen LogP contribution in [0.25, 0.3) is 0 Å². The summed E-state index contributed by atoms with van der Waals surface area (Å²) < 4.78 is 7.25. The van der Waals surface area contributed by atoms with E-state index >= 15 is 0 Å². The predicted molar refractivity (Wildman–Crippen MR) is 125 cm³/mol. The number of rotatable bonds is 6. The number of aromatic hydroxyl groups is 1. The minimum Gasteiger partial charge on any atom is -0.504 e. The second-order valence-corrected chi connectivity index (χ2v) is 8.70. The van der Waals surface area contributed by atoms with Gasteiger partial charge in [-0.25, -0.2) is 0 Å². The molecule has 166 valence electrons. The Bertz CT molecular complexity index is 1220. The third-order valence-electron chi connectivity index (χ3n) is 5.48. The van der Waals surface area contributed by atoms with E-state index in [1.54, 1.807) is 23.7 Å². The van der Waals surface area contributed by atoms with Crippen molar-refractivity contribution in [3.8, 4) is 11.5 Å². The first-order chi connectivity index (χ1) is 15.4. The van der Waals surface area contributed by atoms with E-state index in [9.17, 15) is 14.7 Å². The van der Waals surface area contributed by atoms with Crippen LogP contribution in [-0.2, 0) is 17.6 Å². The first kappa shape index (κ1) is 22.0. The molecule has 0 saturated heterocycles. The molecule has 0 bridgehead atoms. The Morgan fingerprint density at radius 1 is 1.22 bits per heavy atom. The Labute approximate surface area is 190 Å². The third-order valence-corrected chi connectivity index (χ3v) is 6.58. The third kappa shape index (κ3) is 4.36. The zero-order valence-corrected chi connectivity index (χ0v) is 19.0. The Hall–Kier alpha value is -3.26. The summed E-state index contributed by atoms with van der Waals surface area (Å²) in [5, 5.41) is 13.4. The number of hydrogen-bond acceptors (Lipinski definition) is 6. The number of amides is 1. The van der Waals surface area contributed by atoms with Crippen molar-refractivity contribution in [3.05, 3.63) is 75.1 Å². The molecule has 3 aromatic rings. The Morgan fingerprint density at radius 3 is 2.69 bits per heavy atom. The van der Waals surface area contributed by atoms with E-state index < -0.39 is 5.92 Å². The van der Waals surface area contributed by atoms with Crippen molar-refractivity contribution in [1.82, 2.24) is 9.55 Å². The van der Waals surface area contributed by atoms with Crippen LogP contribution in [0.15, 0.2) is 52.4 Å². The SMILES string of the molecule is CCOc1cc([C@H]2CC(=O)Nc3c2c(=O)nc(SCc2ccc(C)cc2)n3C)ccc1O. The highest BCUT2D eigenvalue weighted by Gasteiger charge is 2.32. The molecule has 0 fully saturated rings. The molecule has 0 aliphatic carbocycles. The van der Waals surface area contributed by atoms with Crippen LogP contribution >= 0.6 is 11.8 Å². The summed E-state index contributed by atoms with van der Waals surface area (Å²) in [6.45, 7) is 4.25. The molecule has 0 radical (unpaired) electrons. The summed E-state index contributed by atoms with van der Waals surface area (Å²) >= 11 is 1.45. The molecule has 32 heavy (non-hydrogen) atoms. The van der Waals surface area contributed by atoms with E-state index in [1.165, 1.54) is 23.4 Å². The van der Waals surface area contributed by atoms with Crippen LogP contribution in [0.5, 0.6) is 11.5 Å². The average Bonchev–Trinajstić information content (AvgIpc) is 2.77. The van der Waals surface area contributed by atoms with Gasteiger partial charge in [0.05, 0.1) is 12.2 Å². The average molecular weight is 452 g/mol. The maximum atomic E-state index is 13.1. The summed E-state index contributed by atoms with van der Waals surface area (Å²) in [5.74, 6) is 0.818. The lowest BCUT2D eigenvalue weighted by Gasteiger charge is -2.27. The monoisotopic (exact) mass is 451 g/mol. The first-order valence-corrected chi connectivity index (χ1v) is 11.4. The van der Waals surface area contributed by atoms with Crippen LogP contribution in [0.2, 0.25) is 0 Å². The van der Waals surface area contributed by atoms with Gasteiger partial charge in [0, 0.05) is 25.1 Å². The van der Waals surface area contributed by atoms with E-state index in [-0.39, 0.29) is 23.6 Å². The molecule has 0 spiro atoms. The maximum absolute atomic E-state index is 13.1. The van der Waals surface area contributed by atoms with Gasteiger partial charge in [-0.3, -0.25) is 9.59 Å². The fourth-order valence-corrected chi connectivity index (χ4v) is 4.72. The van der Waals surface area contributed by atoms with Gasteiger partial charge in [0.2, 0.25) is 5.91 Å². The summed E-state index contributed by atoms with van der Waals surface area (Å²) in [4.78, 5) is 30.0. The molecule has 8 heteroatoms. The van der Waals surface area contributed by atoms with Crippen LogP contribution in [0.3, 0.4) is 0 Å². The molecule has 1 aliphatic rings. The fraction of sp³-hybridized carbons (Fsp3) is 0.292. The standard InChI is InChI=1S/C24H25N3O4S/c1-4-31-19-11-16(9-10-18(19)28)17-12-20(29)25-22-21(17)23(30)26-24(27(22)3)32-13-15-7-5-14(2)6-8-15/h5-11,17,28H,4,12-13H2,1-3H3,(H,25,29)/t17-/m1/s1. The predicted octanol–water partition coefficient (Wildman–Crippen LogP) is 3.96. The van der Waals surface area contributed by atoms with Crippen LogP contribution in [0.1, 0.15) is 41.5 Å². The van der Waals surface area contributed by atoms with Gasteiger partial charge in [-0.1, -0.05) is 47.7 Å². The Balaban J connectivity index is 1.70. The number of fused-ring (bicyclic) bond motifs is 1. The number of hydrogen-bond donors (Lipinski definition) is 2. The number of benzene rings is 2. The highest BCUT2D eigenvalue weighted by molar-refractivity contribution is 7.98. The number of nitrogens with one attached hydrogen (secondary N) is 1. The quantitative estimate of drug-likeness (QED) is 0.435. The molecule has 1 aliphatic heterocycles.